The standard InChI is InChI=1S/C24H27Cl2N5O/c25-18-8-7-17(21(26)14-18)16-30-9-11-31(12-10-30)24-28-22-6-2-1-5-20(22)23(29-24)27-15-19-4-3-13-32-19/h1-2,5-8,14,19H,3-4,9-13,15-16H2,(H,27,28,29). The maximum Gasteiger partial charge on any atom is 0.227 e. The summed E-state index contributed by atoms with van der Waals surface area (Å²) in [5, 5.41) is 5.96. The zero-order valence-corrected chi connectivity index (χ0v) is 19.4. The third-order valence-electron chi connectivity index (χ3n) is 6.18. The van der Waals surface area contributed by atoms with Gasteiger partial charge in [-0.05, 0) is 42.7 Å². The van der Waals surface area contributed by atoms with Crippen LogP contribution in [-0.2, 0) is 11.3 Å². The van der Waals surface area contributed by atoms with Crippen LogP contribution in [0.5, 0.6) is 0 Å². The van der Waals surface area contributed by atoms with Crippen LogP contribution in [0, 0.1) is 0 Å². The van der Waals surface area contributed by atoms with E-state index >= 15 is 0 Å². The minimum absolute atomic E-state index is 0.260. The van der Waals surface area contributed by atoms with E-state index in [4.69, 9.17) is 37.9 Å². The number of rotatable bonds is 6. The van der Waals surface area contributed by atoms with Gasteiger partial charge in [0.1, 0.15) is 5.82 Å². The first-order chi connectivity index (χ1) is 15.7. The molecule has 1 unspecified atom stereocenters. The van der Waals surface area contributed by atoms with Gasteiger partial charge in [0, 0.05) is 61.3 Å². The Morgan fingerprint density at radius 3 is 2.66 bits per heavy atom. The van der Waals surface area contributed by atoms with Gasteiger partial charge >= 0.3 is 0 Å². The normalized spacial score (nSPS) is 19.6. The Morgan fingerprint density at radius 1 is 1.03 bits per heavy atom. The molecule has 3 heterocycles. The predicted octanol–water partition coefficient (Wildman–Crippen LogP) is 4.85. The molecule has 3 aromatic rings. The molecule has 0 spiro atoms. The number of nitrogens with one attached hydrogen (secondary N) is 1. The van der Waals surface area contributed by atoms with Gasteiger partial charge in [-0.2, -0.15) is 4.98 Å². The molecule has 5 rings (SSSR count). The van der Waals surface area contributed by atoms with Crippen LogP contribution >= 0.6 is 23.2 Å². The summed E-state index contributed by atoms with van der Waals surface area (Å²) in [4.78, 5) is 14.4. The number of para-hydroxylation sites is 1. The predicted molar refractivity (Wildman–Crippen MR) is 131 cm³/mol. The quantitative estimate of drug-likeness (QED) is 0.554. The summed E-state index contributed by atoms with van der Waals surface area (Å²) < 4.78 is 5.77. The molecule has 2 aliphatic rings. The van der Waals surface area contributed by atoms with Gasteiger partial charge in [-0.3, -0.25) is 4.90 Å². The monoisotopic (exact) mass is 471 g/mol. The molecule has 1 N–H and O–H groups in total. The van der Waals surface area contributed by atoms with Gasteiger partial charge in [0.15, 0.2) is 0 Å². The molecular formula is C24H27Cl2N5O. The number of piperazine rings is 1. The maximum atomic E-state index is 6.37. The molecule has 0 saturated carbocycles. The lowest BCUT2D eigenvalue weighted by Crippen LogP contribution is -2.46. The van der Waals surface area contributed by atoms with E-state index in [1.807, 2.05) is 30.3 Å². The number of hydrogen-bond donors (Lipinski definition) is 1. The fourth-order valence-corrected chi connectivity index (χ4v) is 4.82. The van der Waals surface area contributed by atoms with Gasteiger partial charge in [0.25, 0.3) is 0 Å². The average Bonchev–Trinajstić information content (AvgIpc) is 3.33. The van der Waals surface area contributed by atoms with Crippen molar-refractivity contribution in [2.24, 2.45) is 0 Å². The lowest BCUT2D eigenvalue weighted by atomic mass is 10.2. The highest BCUT2D eigenvalue weighted by Gasteiger charge is 2.22. The second-order valence-corrected chi connectivity index (χ2v) is 9.25. The minimum atomic E-state index is 0.260. The fraction of sp³-hybridized carbons (Fsp3) is 0.417. The van der Waals surface area contributed by atoms with Crippen LogP contribution in [0.3, 0.4) is 0 Å². The Morgan fingerprint density at radius 2 is 1.88 bits per heavy atom. The van der Waals surface area contributed by atoms with E-state index in [9.17, 15) is 0 Å². The number of fused-ring (bicyclic) bond motifs is 1. The van der Waals surface area contributed by atoms with Gasteiger partial charge in [-0.15, -0.1) is 0 Å². The molecule has 2 fully saturated rings. The zero-order chi connectivity index (χ0) is 21.9. The minimum Gasteiger partial charge on any atom is -0.376 e. The topological polar surface area (TPSA) is 53.5 Å². The highest BCUT2D eigenvalue weighted by molar-refractivity contribution is 6.35. The van der Waals surface area contributed by atoms with Crippen LogP contribution < -0.4 is 10.2 Å². The Balaban J connectivity index is 1.28. The molecule has 2 saturated heterocycles. The van der Waals surface area contributed by atoms with Crippen molar-refractivity contribution >= 4 is 45.9 Å². The second kappa shape index (κ2) is 9.79. The Bertz CT molecular complexity index is 1080. The van der Waals surface area contributed by atoms with Crippen molar-refractivity contribution in [3.05, 3.63) is 58.1 Å². The summed E-state index contributed by atoms with van der Waals surface area (Å²) >= 11 is 12.4. The van der Waals surface area contributed by atoms with Crippen molar-refractivity contribution in [3.63, 3.8) is 0 Å². The SMILES string of the molecule is Clc1ccc(CN2CCN(c3nc(NCC4CCCO4)c4ccccc4n3)CC2)c(Cl)c1. The third-order valence-corrected chi connectivity index (χ3v) is 6.76. The largest absolute Gasteiger partial charge is 0.376 e. The average molecular weight is 472 g/mol. The van der Waals surface area contributed by atoms with Crippen LogP contribution in [0.15, 0.2) is 42.5 Å². The molecule has 8 heteroatoms. The molecule has 0 bridgehead atoms. The first kappa shape index (κ1) is 21.7. The van der Waals surface area contributed by atoms with Crippen molar-refractivity contribution < 1.29 is 4.74 Å². The lowest BCUT2D eigenvalue weighted by Gasteiger charge is -2.35. The zero-order valence-electron chi connectivity index (χ0n) is 17.9. The van der Waals surface area contributed by atoms with E-state index in [1.165, 1.54) is 0 Å². The molecule has 1 atom stereocenters. The van der Waals surface area contributed by atoms with E-state index in [0.29, 0.717) is 5.02 Å². The molecule has 168 valence electrons. The van der Waals surface area contributed by atoms with Crippen molar-refractivity contribution in [2.45, 2.75) is 25.5 Å². The number of anilines is 2. The highest BCUT2D eigenvalue weighted by atomic mass is 35.5. The van der Waals surface area contributed by atoms with Crippen molar-refractivity contribution in [1.82, 2.24) is 14.9 Å². The number of nitrogens with zero attached hydrogens (tertiary/aromatic N) is 4. The second-order valence-electron chi connectivity index (χ2n) is 8.40. The number of hydrogen-bond acceptors (Lipinski definition) is 6. The maximum absolute atomic E-state index is 6.37. The number of ether oxygens (including phenoxy) is 1. The Labute approximate surface area is 198 Å². The first-order valence-corrected chi connectivity index (χ1v) is 11.9. The molecule has 0 amide bonds. The van der Waals surface area contributed by atoms with Gasteiger partial charge in [0.05, 0.1) is 11.6 Å². The van der Waals surface area contributed by atoms with E-state index in [1.54, 1.807) is 0 Å². The van der Waals surface area contributed by atoms with Gasteiger partial charge in [0.2, 0.25) is 5.95 Å². The van der Waals surface area contributed by atoms with Crippen LogP contribution in [0.25, 0.3) is 10.9 Å². The molecule has 32 heavy (non-hydrogen) atoms. The van der Waals surface area contributed by atoms with Gasteiger partial charge in [-0.1, -0.05) is 41.4 Å². The van der Waals surface area contributed by atoms with Crippen LogP contribution in [0.4, 0.5) is 11.8 Å². The van der Waals surface area contributed by atoms with E-state index in [0.717, 1.165) is 92.0 Å². The molecule has 6 nitrogen and oxygen atoms in total. The van der Waals surface area contributed by atoms with Gasteiger partial charge in [-0.25, -0.2) is 4.98 Å². The van der Waals surface area contributed by atoms with E-state index < -0.39 is 0 Å². The number of halogens is 2. The summed E-state index contributed by atoms with van der Waals surface area (Å²) in [5.74, 6) is 1.67. The molecular weight excluding hydrogens is 445 g/mol. The highest BCUT2D eigenvalue weighted by Crippen LogP contribution is 2.26. The van der Waals surface area contributed by atoms with Crippen LogP contribution in [0.1, 0.15) is 18.4 Å². The summed E-state index contributed by atoms with van der Waals surface area (Å²) in [5.41, 5.74) is 2.06. The summed E-state index contributed by atoms with van der Waals surface area (Å²) in [6, 6.07) is 13.9. The molecule has 0 radical (unpaired) electrons. The first-order valence-electron chi connectivity index (χ1n) is 11.2. The van der Waals surface area contributed by atoms with Crippen LogP contribution in [-0.4, -0.2) is 60.3 Å². The molecule has 1 aromatic heterocycles. The van der Waals surface area contributed by atoms with Crippen molar-refractivity contribution in [1.29, 1.82) is 0 Å². The lowest BCUT2D eigenvalue weighted by molar-refractivity contribution is 0.120. The Kier molecular flexibility index (Phi) is 6.64. The van der Waals surface area contributed by atoms with E-state index in [2.05, 4.69) is 27.2 Å². The molecule has 2 aromatic carbocycles. The molecule has 2 aliphatic heterocycles. The van der Waals surface area contributed by atoms with Gasteiger partial charge < -0.3 is 15.0 Å². The van der Waals surface area contributed by atoms with Crippen molar-refractivity contribution in [3.8, 4) is 0 Å². The van der Waals surface area contributed by atoms with E-state index in [-0.39, 0.29) is 6.10 Å². The third kappa shape index (κ3) is 4.94. The summed E-state index contributed by atoms with van der Waals surface area (Å²) in [7, 11) is 0. The summed E-state index contributed by atoms with van der Waals surface area (Å²) in [6.45, 7) is 6.03. The van der Waals surface area contributed by atoms with Crippen LogP contribution in [0.2, 0.25) is 10.0 Å². The number of benzene rings is 2. The smallest absolute Gasteiger partial charge is 0.227 e. The Hall–Kier alpha value is -2.12. The number of aromatic nitrogens is 2. The fourth-order valence-electron chi connectivity index (χ4n) is 4.35. The molecule has 0 aliphatic carbocycles. The van der Waals surface area contributed by atoms with Crippen molar-refractivity contribution in [2.75, 3.05) is 49.5 Å². The summed E-state index contributed by atoms with van der Waals surface area (Å²) in [6.07, 6.45) is 2.49.